The quantitative estimate of drug-likeness (QED) is 0.788. The molecule has 3 rings (SSSR count). The summed E-state index contributed by atoms with van der Waals surface area (Å²) < 4.78 is 16.1. The summed E-state index contributed by atoms with van der Waals surface area (Å²) in [5.41, 5.74) is 0.121. The molecule has 0 unspecified atom stereocenters. The zero-order valence-electron chi connectivity index (χ0n) is 16.3. The van der Waals surface area contributed by atoms with Gasteiger partial charge in [0.15, 0.2) is 11.5 Å². The topological polar surface area (TPSA) is 75.0 Å². The highest BCUT2D eigenvalue weighted by Gasteiger charge is 2.41. The number of nitrogens with zero attached hydrogens (tertiary/aromatic N) is 3. The standard InChI is InChI=1S/C20H27N3O4/c1-25-16-7-6-15(17(26-2)18(16)27-3)19(24)22-10-12-23(13-11-22)20(14-21)8-4-5-9-20/h6-7H,4-5,8-13H2,1-3H3. The van der Waals surface area contributed by atoms with Crippen LogP contribution in [0.2, 0.25) is 0 Å². The maximum Gasteiger partial charge on any atom is 0.257 e. The molecular formula is C20H27N3O4. The van der Waals surface area contributed by atoms with E-state index in [1.807, 2.05) is 4.90 Å². The summed E-state index contributed by atoms with van der Waals surface area (Å²) in [6.45, 7) is 2.63. The Hall–Kier alpha value is -2.46. The van der Waals surface area contributed by atoms with Crippen LogP contribution in [0.15, 0.2) is 12.1 Å². The number of amides is 1. The Kier molecular flexibility index (Phi) is 5.76. The van der Waals surface area contributed by atoms with E-state index in [4.69, 9.17) is 14.2 Å². The van der Waals surface area contributed by atoms with Crippen LogP contribution >= 0.6 is 0 Å². The third kappa shape index (κ3) is 3.42. The van der Waals surface area contributed by atoms with Crippen LogP contribution < -0.4 is 14.2 Å². The molecule has 1 aromatic carbocycles. The van der Waals surface area contributed by atoms with Gasteiger partial charge in [-0.3, -0.25) is 9.69 Å². The van der Waals surface area contributed by atoms with Crippen LogP contribution in [-0.4, -0.2) is 68.8 Å². The molecule has 1 aromatic rings. The van der Waals surface area contributed by atoms with E-state index in [0.717, 1.165) is 38.8 Å². The summed E-state index contributed by atoms with van der Waals surface area (Å²) in [6.07, 6.45) is 4.08. The second-order valence-electron chi connectivity index (χ2n) is 7.01. The SMILES string of the molecule is COc1ccc(C(=O)N2CCN(C3(C#N)CCCC3)CC2)c(OC)c1OC. The number of carbonyl (C=O) groups is 1. The molecule has 0 N–H and O–H groups in total. The number of rotatable bonds is 5. The second kappa shape index (κ2) is 8.05. The molecule has 7 heteroatoms. The summed E-state index contributed by atoms with van der Waals surface area (Å²) in [4.78, 5) is 17.2. The van der Waals surface area contributed by atoms with Gasteiger partial charge in [-0.15, -0.1) is 0 Å². The van der Waals surface area contributed by atoms with E-state index in [2.05, 4.69) is 11.0 Å². The summed E-state index contributed by atoms with van der Waals surface area (Å²) in [6, 6.07) is 5.97. The van der Waals surface area contributed by atoms with E-state index in [9.17, 15) is 10.1 Å². The molecule has 1 amide bonds. The van der Waals surface area contributed by atoms with Gasteiger partial charge >= 0.3 is 0 Å². The Morgan fingerprint density at radius 3 is 2.15 bits per heavy atom. The first-order chi connectivity index (χ1) is 13.1. The lowest BCUT2D eigenvalue weighted by Crippen LogP contribution is -2.56. The Bertz CT molecular complexity index is 729. The monoisotopic (exact) mass is 373 g/mol. The Labute approximate surface area is 160 Å². The number of benzene rings is 1. The number of nitriles is 1. The highest BCUT2D eigenvalue weighted by Crippen LogP contribution is 2.40. The van der Waals surface area contributed by atoms with Gasteiger partial charge in [-0.05, 0) is 25.0 Å². The van der Waals surface area contributed by atoms with Crippen molar-refractivity contribution in [3.8, 4) is 23.3 Å². The lowest BCUT2D eigenvalue weighted by Gasteiger charge is -2.42. The van der Waals surface area contributed by atoms with Crippen molar-refractivity contribution < 1.29 is 19.0 Å². The summed E-state index contributed by atoms with van der Waals surface area (Å²) in [5.74, 6) is 1.23. The van der Waals surface area contributed by atoms with Gasteiger partial charge in [0.1, 0.15) is 5.54 Å². The minimum atomic E-state index is -0.337. The smallest absolute Gasteiger partial charge is 0.257 e. The fourth-order valence-electron chi connectivity index (χ4n) is 4.24. The van der Waals surface area contributed by atoms with Crippen LogP contribution in [0.1, 0.15) is 36.0 Å². The number of hydrogen-bond acceptors (Lipinski definition) is 6. The summed E-state index contributed by atoms with van der Waals surface area (Å²) >= 11 is 0. The molecule has 1 aliphatic carbocycles. The third-order valence-electron chi connectivity index (χ3n) is 5.75. The molecule has 0 aromatic heterocycles. The second-order valence-corrected chi connectivity index (χ2v) is 7.01. The molecule has 0 bridgehead atoms. The highest BCUT2D eigenvalue weighted by molar-refractivity contribution is 5.98. The van der Waals surface area contributed by atoms with Gasteiger partial charge < -0.3 is 19.1 Å². The van der Waals surface area contributed by atoms with E-state index in [1.54, 1.807) is 19.2 Å². The maximum absolute atomic E-state index is 13.1. The maximum atomic E-state index is 13.1. The normalized spacial score (nSPS) is 19.4. The number of ether oxygens (including phenoxy) is 3. The number of methoxy groups -OCH3 is 3. The molecule has 7 nitrogen and oxygen atoms in total. The average Bonchev–Trinajstić information content (AvgIpc) is 3.22. The first-order valence-electron chi connectivity index (χ1n) is 9.34. The average molecular weight is 373 g/mol. The minimum Gasteiger partial charge on any atom is -0.493 e. The van der Waals surface area contributed by atoms with Crippen molar-refractivity contribution in [2.24, 2.45) is 0 Å². The largest absolute Gasteiger partial charge is 0.493 e. The van der Waals surface area contributed by atoms with Gasteiger partial charge in [0, 0.05) is 26.2 Å². The van der Waals surface area contributed by atoms with Crippen LogP contribution in [0.4, 0.5) is 0 Å². The Balaban J connectivity index is 1.76. The lowest BCUT2D eigenvalue weighted by atomic mass is 9.96. The van der Waals surface area contributed by atoms with E-state index >= 15 is 0 Å². The predicted molar refractivity (Wildman–Crippen MR) is 100 cm³/mol. The van der Waals surface area contributed by atoms with Gasteiger partial charge in [0.25, 0.3) is 5.91 Å². The lowest BCUT2D eigenvalue weighted by molar-refractivity contribution is 0.0464. The number of hydrogen-bond donors (Lipinski definition) is 0. The molecule has 1 saturated carbocycles. The van der Waals surface area contributed by atoms with Crippen molar-refractivity contribution >= 4 is 5.91 Å². The highest BCUT2D eigenvalue weighted by atomic mass is 16.5. The zero-order chi connectivity index (χ0) is 19.4. The molecule has 1 saturated heterocycles. The van der Waals surface area contributed by atoms with Crippen molar-refractivity contribution in [3.63, 3.8) is 0 Å². The van der Waals surface area contributed by atoms with E-state index in [-0.39, 0.29) is 11.4 Å². The number of piperazine rings is 1. The van der Waals surface area contributed by atoms with Crippen molar-refractivity contribution in [1.82, 2.24) is 9.80 Å². The molecule has 1 heterocycles. The third-order valence-corrected chi connectivity index (χ3v) is 5.75. The molecule has 0 spiro atoms. The van der Waals surface area contributed by atoms with E-state index < -0.39 is 0 Å². The molecule has 146 valence electrons. The van der Waals surface area contributed by atoms with Crippen LogP contribution in [0.25, 0.3) is 0 Å². The van der Waals surface area contributed by atoms with Crippen molar-refractivity contribution in [3.05, 3.63) is 17.7 Å². The summed E-state index contributed by atoms with van der Waals surface area (Å²) in [7, 11) is 4.59. The van der Waals surface area contributed by atoms with E-state index in [1.165, 1.54) is 14.2 Å². The molecular weight excluding hydrogens is 346 g/mol. The Morgan fingerprint density at radius 1 is 1.00 bits per heavy atom. The zero-order valence-corrected chi connectivity index (χ0v) is 16.3. The molecule has 1 aliphatic heterocycles. The fourth-order valence-corrected chi connectivity index (χ4v) is 4.24. The summed E-state index contributed by atoms with van der Waals surface area (Å²) in [5, 5.41) is 9.68. The predicted octanol–water partition coefficient (Wildman–Crippen LogP) is 2.31. The first kappa shape index (κ1) is 19.3. The molecule has 0 radical (unpaired) electrons. The van der Waals surface area contributed by atoms with Crippen LogP contribution in [0, 0.1) is 11.3 Å². The van der Waals surface area contributed by atoms with Crippen molar-refractivity contribution in [2.75, 3.05) is 47.5 Å². The Morgan fingerprint density at radius 2 is 1.63 bits per heavy atom. The fraction of sp³-hybridized carbons (Fsp3) is 0.600. The van der Waals surface area contributed by atoms with Crippen molar-refractivity contribution in [2.45, 2.75) is 31.2 Å². The van der Waals surface area contributed by atoms with Gasteiger partial charge in [-0.2, -0.15) is 5.26 Å². The van der Waals surface area contributed by atoms with Crippen LogP contribution in [0.5, 0.6) is 17.2 Å². The molecule has 27 heavy (non-hydrogen) atoms. The van der Waals surface area contributed by atoms with Gasteiger partial charge in [0.05, 0.1) is 33.0 Å². The van der Waals surface area contributed by atoms with Gasteiger partial charge in [-0.1, -0.05) is 12.8 Å². The van der Waals surface area contributed by atoms with Gasteiger partial charge in [0.2, 0.25) is 5.75 Å². The van der Waals surface area contributed by atoms with Crippen molar-refractivity contribution in [1.29, 1.82) is 5.26 Å². The van der Waals surface area contributed by atoms with E-state index in [0.29, 0.717) is 35.9 Å². The number of carbonyl (C=O) groups excluding carboxylic acids is 1. The van der Waals surface area contributed by atoms with Crippen LogP contribution in [-0.2, 0) is 0 Å². The minimum absolute atomic E-state index is 0.0927. The van der Waals surface area contributed by atoms with Gasteiger partial charge in [-0.25, -0.2) is 0 Å². The molecule has 2 aliphatic rings. The van der Waals surface area contributed by atoms with Crippen LogP contribution in [0.3, 0.4) is 0 Å². The molecule has 0 atom stereocenters. The first-order valence-corrected chi connectivity index (χ1v) is 9.34. The molecule has 2 fully saturated rings.